The van der Waals surface area contributed by atoms with Crippen LogP contribution in [0, 0.1) is 11.3 Å². The van der Waals surface area contributed by atoms with E-state index in [9.17, 15) is 0 Å². The monoisotopic (exact) mass is 307 g/mol. The van der Waals surface area contributed by atoms with Crippen molar-refractivity contribution in [2.24, 2.45) is 0 Å². The van der Waals surface area contributed by atoms with Crippen LogP contribution in [0.15, 0.2) is 46.9 Å². The summed E-state index contributed by atoms with van der Waals surface area (Å²) in [6, 6.07) is 14.4. The first kappa shape index (κ1) is 12.0. The highest BCUT2D eigenvalue weighted by molar-refractivity contribution is 9.10. The predicted molar refractivity (Wildman–Crippen MR) is 70.4 cm³/mol. The molecule has 0 fully saturated rings. The minimum absolute atomic E-state index is 0.577. The molecule has 2 aromatic carbocycles. The van der Waals surface area contributed by atoms with E-state index in [0.29, 0.717) is 26.6 Å². The van der Waals surface area contributed by atoms with Crippen LogP contribution in [0.2, 0.25) is 5.02 Å². The second-order valence-electron chi connectivity index (χ2n) is 3.31. The number of nitrogens with zero attached hydrogens (tertiary/aromatic N) is 1. The fraction of sp³-hybridized carbons (Fsp3) is 0. The van der Waals surface area contributed by atoms with Gasteiger partial charge in [0.2, 0.25) is 0 Å². The van der Waals surface area contributed by atoms with Gasteiger partial charge >= 0.3 is 0 Å². The minimum Gasteiger partial charge on any atom is -0.457 e. The van der Waals surface area contributed by atoms with Crippen molar-refractivity contribution in [2.75, 3.05) is 0 Å². The van der Waals surface area contributed by atoms with E-state index in [2.05, 4.69) is 22.0 Å². The van der Waals surface area contributed by atoms with Crippen molar-refractivity contribution in [3.8, 4) is 17.6 Å². The van der Waals surface area contributed by atoms with Gasteiger partial charge in [-0.2, -0.15) is 5.26 Å². The van der Waals surface area contributed by atoms with Crippen molar-refractivity contribution in [1.82, 2.24) is 0 Å². The lowest BCUT2D eigenvalue weighted by molar-refractivity contribution is 0.482. The quantitative estimate of drug-likeness (QED) is 0.801. The highest BCUT2D eigenvalue weighted by Gasteiger charge is 2.02. The van der Waals surface area contributed by atoms with Gasteiger partial charge in [0.15, 0.2) is 0 Å². The number of hydrogen-bond donors (Lipinski definition) is 0. The van der Waals surface area contributed by atoms with Gasteiger partial charge in [0, 0.05) is 9.50 Å². The maximum atomic E-state index is 8.79. The molecule has 0 aliphatic rings. The first-order valence-corrected chi connectivity index (χ1v) is 5.99. The van der Waals surface area contributed by atoms with E-state index in [0.717, 1.165) is 0 Å². The van der Waals surface area contributed by atoms with Crippen LogP contribution in [0.5, 0.6) is 11.5 Å². The average molecular weight is 309 g/mol. The lowest BCUT2D eigenvalue weighted by atomic mass is 10.2. The van der Waals surface area contributed by atoms with Crippen molar-refractivity contribution < 1.29 is 4.74 Å². The van der Waals surface area contributed by atoms with Crippen LogP contribution in [0.4, 0.5) is 0 Å². The van der Waals surface area contributed by atoms with Crippen LogP contribution in [-0.4, -0.2) is 0 Å². The summed E-state index contributed by atoms with van der Waals surface area (Å²) < 4.78 is 6.33. The highest BCUT2D eigenvalue weighted by atomic mass is 79.9. The Morgan fingerprint density at radius 3 is 2.29 bits per heavy atom. The Morgan fingerprint density at radius 2 is 1.71 bits per heavy atom. The van der Waals surface area contributed by atoms with E-state index in [1.165, 1.54) is 0 Å². The Morgan fingerprint density at radius 1 is 1.06 bits per heavy atom. The summed E-state index contributed by atoms with van der Waals surface area (Å²) in [5.41, 5.74) is 0.577. The van der Waals surface area contributed by atoms with Gasteiger partial charge in [-0.25, -0.2) is 0 Å². The topological polar surface area (TPSA) is 33.0 Å². The van der Waals surface area contributed by atoms with E-state index in [-0.39, 0.29) is 0 Å². The maximum absolute atomic E-state index is 8.79. The molecule has 2 nitrogen and oxygen atoms in total. The second kappa shape index (κ2) is 5.22. The molecule has 0 radical (unpaired) electrons. The van der Waals surface area contributed by atoms with E-state index in [1.807, 2.05) is 0 Å². The zero-order chi connectivity index (χ0) is 12.3. The molecule has 0 saturated heterocycles. The molecule has 0 aliphatic carbocycles. The van der Waals surface area contributed by atoms with E-state index in [1.54, 1.807) is 42.5 Å². The number of rotatable bonds is 2. The Bertz CT molecular complexity index is 575. The molecule has 0 spiro atoms. The molecule has 2 rings (SSSR count). The minimum atomic E-state index is 0.577. The summed E-state index contributed by atoms with van der Waals surface area (Å²) >= 11 is 9.09. The normalized spacial score (nSPS) is 9.71. The van der Waals surface area contributed by atoms with Crippen molar-refractivity contribution in [1.29, 1.82) is 5.26 Å². The molecular weight excluding hydrogens is 302 g/mol. The SMILES string of the molecule is N#Cc1ccc(Oc2ccc(Cl)cc2)cc1Br. The molecule has 4 heteroatoms. The fourth-order valence-electron chi connectivity index (χ4n) is 1.29. The largest absolute Gasteiger partial charge is 0.457 e. The Labute approximate surface area is 113 Å². The van der Waals surface area contributed by atoms with E-state index in [4.69, 9.17) is 21.6 Å². The van der Waals surface area contributed by atoms with Gasteiger partial charge in [0.1, 0.15) is 17.6 Å². The number of halogens is 2. The van der Waals surface area contributed by atoms with Crippen LogP contribution in [0.3, 0.4) is 0 Å². The Kier molecular flexibility index (Phi) is 3.68. The van der Waals surface area contributed by atoms with Crippen molar-refractivity contribution >= 4 is 27.5 Å². The van der Waals surface area contributed by atoms with Gasteiger partial charge < -0.3 is 4.74 Å². The summed E-state index contributed by atoms with van der Waals surface area (Å²) in [5, 5.41) is 9.46. The summed E-state index contributed by atoms with van der Waals surface area (Å²) in [6.07, 6.45) is 0. The first-order chi connectivity index (χ1) is 8.19. The summed E-state index contributed by atoms with van der Waals surface area (Å²) in [6.45, 7) is 0. The van der Waals surface area contributed by atoms with Gasteiger partial charge in [-0.3, -0.25) is 0 Å². The van der Waals surface area contributed by atoms with Gasteiger partial charge in [0.25, 0.3) is 0 Å². The second-order valence-corrected chi connectivity index (χ2v) is 4.60. The maximum Gasteiger partial charge on any atom is 0.128 e. The van der Waals surface area contributed by atoms with Crippen LogP contribution in [0.1, 0.15) is 5.56 Å². The molecule has 0 amide bonds. The summed E-state index contributed by atoms with van der Waals surface area (Å²) in [5.74, 6) is 1.37. The third-order valence-electron chi connectivity index (χ3n) is 2.11. The molecule has 0 unspecified atom stereocenters. The molecule has 0 N–H and O–H groups in total. The number of nitriles is 1. The van der Waals surface area contributed by atoms with Crippen LogP contribution >= 0.6 is 27.5 Å². The van der Waals surface area contributed by atoms with Gasteiger partial charge in [-0.15, -0.1) is 0 Å². The molecule has 0 aromatic heterocycles. The van der Waals surface area contributed by atoms with Crippen LogP contribution in [-0.2, 0) is 0 Å². The zero-order valence-corrected chi connectivity index (χ0v) is 11.0. The molecular formula is C13H7BrClNO. The van der Waals surface area contributed by atoms with Crippen LogP contribution < -0.4 is 4.74 Å². The lowest BCUT2D eigenvalue weighted by Gasteiger charge is -2.06. The molecule has 0 heterocycles. The van der Waals surface area contributed by atoms with Gasteiger partial charge in [-0.05, 0) is 58.4 Å². The van der Waals surface area contributed by atoms with Crippen molar-refractivity contribution in [3.05, 3.63) is 57.5 Å². The number of hydrogen-bond acceptors (Lipinski definition) is 2. The smallest absolute Gasteiger partial charge is 0.128 e. The summed E-state index contributed by atoms with van der Waals surface area (Å²) in [4.78, 5) is 0. The molecule has 0 aliphatic heterocycles. The Hall–Kier alpha value is -1.50. The van der Waals surface area contributed by atoms with Gasteiger partial charge in [0.05, 0.1) is 5.56 Å². The highest BCUT2D eigenvalue weighted by Crippen LogP contribution is 2.27. The van der Waals surface area contributed by atoms with Gasteiger partial charge in [-0.1, -0.05) is 11.6 Å². The lowest BCUT2D eigenvalue weighted by Crippen LogP contribution is -1.85. The third-order valence-corrected chi connectivity index (χ3v) is 3.02. The van der Waals surface area contributed by atoms with Crippen LogP contribution in [0.25, 0.3) is 0 Å². The number of ether oxygens (including phenoxy) is 1. The predicted octanol–water partition coefficient (Wildman–Crippen LogP) is 4.77. The molecule has 0 atom stereocenters. The molecule has 0 saturated carbocycles. The van der Waals surface area contributed by atoms with Crippen molar-refractivity contribution in [2.45, 2.75) is 0 Å². The molecule has 0 bridgehead atoms. The van der Waals surface area contributed by atoms with E-state index >= 15 is 0 Å². The third kappa shape index (κ3) is 3.00. The average Bonchev–Trinajstić information content (AvgIpc) is 2.32. The standard InChI is InChI=1S/C13H7BrClNO/c14-13-7-12(4-1-9(13)8-16)17-11-5-2-10(15)3-6-11/h1-7H. The zero-order valence-electron chi connectivity index (χ0n) is 8.65. The Balaban J connectivity index is 2.22. The van der Waals surface area contributed by atoms with E-state index < -0.39 is 0 Å². The number of benzene rings is 2. The molecule has 2 aromatic rings. The molecule has 84 valence electrons. The fourth-order valence-corrected chi connectivity index (χ4v) is 1.86. The first-order valence-electron chi connectivity index (χ1n) is 4.82. The summed E-state index contributed by atoms with van der Waals surface area (Å²) in [7, 11) is 0. The van der Waals surface area contributed by atoms with Crippen molar-refractivity contribution in [3.63, 3.8) is 0 Å². The molecule has 17 heavy (non-hydrogen) atoms.